The molecule has 1 atom stereocenters. The molecule has 0 spiro atoms. The highest BCUT2D eigenvalue weighted by Gasteiger charge is 2.35. The molecule has 1 aliphatic carbocycles. The van der Waals surface area contributed by atoms with Crippen molar-refractivity contribution in [2.45, 2.75) is 45.3 Å². The molecule has 0 aromatic heterocycles. The minimum atomic E-state index is -0.702. The van der Waals surface area contributed by atoms with Gasteiger partial charge >= 0.3 is 5.97 Å². The molecule has 1 amide bonds. The number of nitrogens with zero attached hydrogens (tertiary/aromatic N) is 1. The van der Waals surface area contributed by atoms with Crippen molar-refractivity contribution in [2.75, 3.05) is 13.2 Å². The lowest BCUT2D eigenvalue weighted by molar-refractivity contribution is -0.145. The third kappa shape index (κ3) is 5.28. The van der Waals surface area contributed by atoms with Crippen LogP contribution in [0.2, 0.25) is 10.0 Å². The van der Waals surface area contributed by atoms with Crippen LogP contribution in [-0.4, -0.2) is 42.1 Å². The first kappa shape index (κ1) is 18.9. The van der Waals surface area contributed by atoms with Crippen LogP contribution in [0.1, 0.15) is 33.1 Å². The largest absolute Gasteiger partial charge is 0.479 e. The van der Waals surface area contributed by atoms with Gasteiger partial charge in [-0.1, -0.05) is 23.2 Å². The number of hydrogen-bond donors (Lipinski definition) is 0. The van der Waals surface area contributed by atoms with Crippen molar-refractivity contribution in [3.8, 4) is 5.75 Å². The lowest BCUT2D eigenvalue weighted by atomic mass is 10.2. The Labute approximate surface area is 151 Å². The Kier molecular flexibility index (Phi) is 6.75. The summed E-state index contributed by atoms with van der Waals surface area (Å²) in [7, 11) is 0. The maximum atomic E-state index is 12.7. The van der Waals surface area contributed by atoms with E-state index in [1.54, 1.807) is 36.9 Å². The van der Waals surface area contributed by atoms with Gasteiger partial charge in [-0.15, -0.1) is 0 Å². The summed E-state index contributed by atoms with van der Waals surface area (Å²) in [4.78, 5) is 25.9. The monoisotopic (exact) mass is 373 g/mol. The van der Waals surface area contributed by atoms with Gasteiger partial charge in [0.1, 0.15) is 5.75 Å². The summed E-state index contributed by atoms with van der Waals surface area (Å²) in [6.07, 6.45) is 1.38. The van der Waals surface area contributed by atoms with Crippen LogP contribution in [0.3, 0.4) is 0 Å². The SMILES string of the molecule is CCOC(=O)CCN(C(=O)C(C)Oc1ccc(Cl)cc1Cl)C1CC1. The van der Waals surface area contributed by atoms with Gasteiger partial charge in [-0.3, -0.25) is 9.59 Å². The molecule has 24 heavy (non-hydrogen) atoms. The highest BCUT2D eigenvalue weighted by atomic mass is 35.5. The zero-order chi connectivity index (χ0) is 17.7. The number of esters is 1. The van der Waals surface area contributed by atoms with Crippen LogP contribution < -0.4 is 4.74 Å². The first-order chi connectivity index (χ1) is 11.4. The molecule has 0 radical (unpaired) electrons. The summed E-state index contributed by atoms with van der Waals surface area (Å²) in [5.74, 6) is -0.0545. The molecule has 132 valence electrons. The summed E-state index contributed by atoms with van der Waals surface area (Å²) in [5.41, 5.74) is 0. The van der Waals surface area contributed by atoms with Gasteiger partial charge in [0.2, 0.25) is 0 Å². The lowest BCUT2D eigenvalue weighted by Gasteiger charge is -2.26. The Balaban J connectivity index is 1.96. The Morgan fingerprint density at radius 2 is 2.04 bits per heavy atom. The van der Waals surface area contributed by atoms with E-state index in [0.717, 1.165) is 12.8 Å². The molecule has 7 heteroatoms. The molecule has 1 aromatic carbocycles. The van der Waals surface area contributed by atoms with Crippen molar-refractivity contribution < 1.29 is 19.1 Å². The van der Waals surface area contributed by atoms with Crippen LogP contribution in [-0.2, 0) is 14.3 Å². The van der Waals surface area contributed by atoms with E-state index in [4.69, 9.17) is 32.7 Å². The fourth-order valence-electron chi connectivity index (χ4n) is 2.35. The van der Waals surface area contributed by atoms with Crippen LogP contribution in [0.25, 0.3) is 0 Å². The molecule has 0 saturated heterocycles. The Morgan fingerprint density at radius 3 is 2.62 bits per heavy atom. The van der Waals surface area contributed by atoms with Crippen LogP contribution in [0.5, 0.6) is 5.75 Å². The maximum absolute atomic E-state index is 12.7. The summed E-state index contributed by atoms with van der Waals surface area (Å²) in [6.45, 7) is 4.11. The molecule has 5 nitrogen and oxygen atoms in total. The van der Waals surface area contributed by atoms with E-state index in [0.29, 0.717) is 28.9 Å². The number of carbonyl (C=O) groups excluding carboxylic acids is 2. The van der Waals surface area contributed by atoms with Crippen molar-refractivity contribution in [3.63, 3.8) is 0 Å². The number of benzene rings is 1. The van der Waals surface area contributed by atoms with Gasteiger partial charge in [0.15, 0.2) is 6.10 Å². The van der Waals surface area contributed by atoms with Gasteiger partial charge in [-0.05, 0) is 44.9 Å². The highest BCUT2D eigenvalue weighted by molar-refractivity contribution is 6.35. The standard InChI is InChI=1S/C17H21Cl2NO4/c1-3-23-16(21)8-9-20(13-5-6-13)17(22)11(2)24-15-7-4-12(18)10-14(15)19/h4,7,10-11,13H,3,5-6,8-9H2,1-2H3. The average molecular weight is 374 g/mol. The van der Waals surface area contributed by atoms with Crippen molar-refractivity contribution >= 4 is 35.1 Å². The maximum Gasteiger partial charge on any atom is 0.307 e. The zero-order valence-corrected chi connectivity index (χ0v) is 15.3. The fraction of sp³-hybridized carbons (Fsp3) is 0.529. The summed E-state index contributed by atoms with van der Waals surface area (Å²) < 4.78 is 10.6. The number of ether oxygens (including phenoxy) is 2. The topological polar surface area (TPSA) is 55.8 Å². The van der Waals surface area contributed by atoms with E-state index in [-0.39, 0.29) is 24.3 Å². The first-order valence-electron chi connectivity index (χ1n) is 8.00. The van der Waals surface area contributed by atoms with Gasteiger partial charge in [0, 0.05) is 17.6 Å². The molecule has 0 bridgehead atoms. The van der Waals surface area contributed by atoms with Crippen molar-refractivity contribution in [1.82, 2.24) is 4.90 Å². The predicted molar refractivity (Wildman–Crippen MR) is 92.5 cm³/mol. The Hall–Kier alpha value is -1.46. The fourth-order valence-corrected chi connectivity index (χ4v) is 2.80. The second kappa shape index (κ2) is 8.58. The van der Waals surface area contributed by atoms with Crippen LogP contribution in [0, 0.1) is 0 Å². The molecule has 1 aliphatic rings. The van der Waals surface area contributed by atoms with Crippen molar-refractivity contribution in [3.05, 3.63) is 28.2 Å². The predicted octanol–water partition coefficient (Wildman–Crippen LogP) is 3.70. The van der Waals surface area contributed by atoms with E-state index in [1.165, 1.54) is 0 Å². The number of rotatable bonds is 8. The molecular weight excluding hydrogens is 353 g/mol. The average Bonchev–Trinajstić information content (AvgIpc) is 3.35. The second-order valence-corrected chi connectivity index (χ2v) is 6.50. The van der Waals surface area contributed by atoms with E-state index < -0.39 is 6.10 Å². The van der Waals surface area contributed by atoms with Crippen LogP contribution in [0.15, 0.2) is 18.2 Å². The van der Waals surface area contributed by atoms with Crippen LogP contribution in [0.4, 0.5) is 0 Å². The third-order valence-electron chi connectivity index (χ3n) is 3.68. The second-order valence-electron chi connectivity index (χ2n) is 5.65. The van der Waals surface area contributed by atoms with E-state index in [9.17, 15) is 9.59 Å². The molecule has 1 aromatic rings. The van der Waals surface area contributed by atoms with Gasteiger partial charge < -0.3 is 14.4 Å². The highest BCUT2D eigenvalue weighted by Crippen LogP contribution is 2.30. The van der Waals surface area contributed by atoms with Gasteiger partial charge in [-0.25, -0.2) is 0 Å². The Morgan fingerprint density at radius 1 is 1.33 bits per heavy atom. The van der Waals surface area contributed by atoms with Crippen molar-refractivity contribution in [1.29, 1.82) is 0 Å². The lowest BCUT2D eigenvalue weighted by Crippen LogP contribution is -2.43. The summed E-state index contributed by atoms with van der Waals surface area (Å²) >= 11 is 11.9. The van der Waals surface area contributed by atoms with Gasteiger partial charge in [0.05, 0.1) is 18.1 Å². The quantitative estimate of drug-likeness (QED) is 0.651. The summed E-state index contributed by atoms with van der Waals surface area (Å²) in [5, 5.41) is 0.854. The molecule has 2 rings (SSSR count). The summed E-state index contributed by atoms with van der Waals surface area (Å²) in [6, 6.07) is 5.03. The number of carbonyl (C=O) groups is 2. The number of hydrogen-bond acceptors (Lipinski definition) is 4. The molecule has 0 N–H and O–H groups in total. The molecular formula is C17H21Cl2NO4. The zero-order valence-electron chi connectivity index (χ0n) is 13.8. The molecule has 0 heterocycles. The molecule has 1 fully saturated rings. The van der Waals surface area contributed by atoms with E-state index >= 15 is 0 Å². The van der Waals surface area contributed by atoms with Gasteiger partial charge in [0.25, 0.3) is 5.91 Å². The molecule has 0 aliphatic heterocycles. The smallest absolute Gasteiger partial charge is 0.307 e. The van der Waals surface area contributed by atoms with E-state index in [1.807, 2.05) is 0 Å². The third-order valence-corrected chi connectivity index (χ3v) is 4.21. The Bertz CT molecular complexity index is 604. The normalized spacial score (nSPS) is 14.8. The van der Waals surface area contributed by atoms with E-state index in [2.05, 4.69) is 0 Å². The molecule has 1 unspecified atom stereocenters. The van der Waals surface area contributed by atoms with Crippen molar-refractivity contribution in [2.24, 2.45) is 0 Å². The minimum Gasteiger partial charge on any atom is -0.479 e. The first-order valence-corrected chi connectivity index (χ1v) is 8.75. The minimum absolute atomic E-state index is 0.159. The molecule has 1 saturated carbocycles. The van der Waals surface area contributed by atoms with Gasteiger partial charge in [-0.2, -0.15) is 0 Å². The number of amides is 1. The van der Waals surface area contributed by atoms with Crippen LogP contribution >= 0.6 is 23.2 Å². The number of halogens is 2.